The molecule has 0 saturated heterocycles. The number of rotatable bonds is 2. The van der Waals surface area contributed by atoms with Crippen LogP contribution in [-0.4, -0.2) is 6.71 Å². The van der Waals surface area contributed by atoms with Crippen LogP contribution in [0.3, 0.4) is 0 Å². The van der Waals surface area contributed by atoms with Crippen LogP contribution in [0.5, 0.6) is 0 Å². The summed E-state index contributed by atoms with van der Waals surface area (Å²) in [5.74, 6) is 0. The van der Waals surface area contributed by atoms with E-state index in [1.165, 1.54) is 137 Å². The predicted octanol–water partition coefficient (Wildman–Crippen LogP) is 12.2. The minimum atomic E-state index is 0.0778. The fraction of sp³-hybridized carbons (Fsp3) is 0.222. The SMILES string of the molecule is c1ccc(N2c3ccccc3B3c4c2cccc4N(c2cccc4c2-c2ccccc2C42CCCCC2)c2ccc4c(c23)-c2ccccc2C42CCCCC2)cc1. The first-order chi connectivity index (χ1) is 28.3. The summed E-state index contributed by atoms with van der Waals surface area (Å²) in [6.07, 6.45) is 12.8. The molecule has 3 heteroatoms. The highest BCUT2D eigenvalue weighted by molar-refractivity contribution is 7.01. The van der Waals surface area contributed by atoms with Gasteiger partial charge in [-0.15, -0.1) is 0 Å². The van der Waals surface area contributed by atoms with Crippen molar-refractivity contribution in [1.82, 2.24) is 0 Å². The molecule has 2 fully saturated rings. The van der Waals surface area contributed by atoms with Crippen LogP contribution in [0.25, 0.3) is 22.3 Å². The summed E-state index contributed by atoms with van der Waals surface area (Å²) in [6, 6.07) is 58.8. The van der Waals surface area contributed by atoms with Gasteiger partial charge in [-0.1, -0.05) is 148 Å². The third-order valence-electron chi connectivity index (χ3n) is 15.2. The second kappa shape index (κ2) is 11.9. The summed E-state index contributed by atoms with van der Waals surface area (Å²) in [6.45, 7) is 0.0918. The number of hydrogen-bond acceptors (Lipinski definition) is 2. The lowest BCUT2D eigenvalue weighted by molar-refractivity contribution is 0.353. The van der Waals surface area contributed by atoms with Gasteiger partial charge in [0.1, 0.15) is 0 Å². The van der Waals surface area contributed by atoms with Gasteiger partial charge in [-0.05, 0) is 123 Å². The van der Waals surface area contributed by atoms with Crippen molar-refractivity contribution in [2.24, 2.45) is 0 Å². The Bertz CT molecular complexity index is 2790. The van der Waals surface area contributed by atoms with E-state index in [2.05, 4.69) is 161 Å². The van der Waals surface area contributed by atoms with E-state index in [4.69, 9.17) is 0 Å². The van der Waals surface area contributed by atoms with E-state index >= 15 is 0 Å². The van der Waals surface area contributed by atoms with Crippen LogP contribution in [0.15, 0.2) is 152 Å². The van der Waals surface area contributed by atoms with Crippen LogP contribution in [0.1, 0.15) is 86.5 Å². The van der Waals surface area contributed by atoms with E-state index in [9.17, 15) is 0 Å². The summed E-state index contributed by atoms with van der Waals surface area (Å²) in [5.41, 5.74) is 24.2. The molecule has 7 aromatic rings. The molecule has 274 valence electrons. The molecule has 2 nitrogen and oxygen atoms in total. The molecule has 2 heterocycles. The summed E-state index contributed by atoms with van der Waals surface area (Å²) < 4.78 is 0. The summed E-state index contributed by atoms with van der Waals surface area (Å²) in [4.78, 5) is 5.25. The summed E-state index contributed by atoms with van der Waals surface area (Å²) >= 11 is 0. The molecule has 0 bridgehead atoms. The minimum absolute atomic E-state index is 0.0778. The highest BCUT2D eigenvalue weighted by Gasteiger charge is 2.51. The molecule has 7 aromatic carbocycles. The van der Waals surface area contributed by atoms with Gasteiger partial charge in [0.25, 0.3) is 6.71 Å². The third kappa shape index (κ3) is 4.12. The first-order valence-electron chi connectivity index (χ1n) is 21.7. The summed E-state index contributed by atoms with van der Waals surface area (Å²) in [5, 5.41) is 0. The topological polar surface area (TPSA) is 6.48 Å². The standard InChI is InChI=1S/C54H45BN2/c1-4-18-36(19-5-1)56-44-26-11-10-25-43(44)55-51-46(56)28-17-29-47(51)57(45-27-16-24-41-49(45)37-20-6-8-22-39(37)53(41)32-12-2-13-33-53)48-31-30-42-50(52(48)55)38-21-7-9-23-40(38)54(42)34-14-3-15-35-54/h1,4-11,16-31H,2-3,12-15,32-35H2. The number of benzene rings is 7. The van der Waals surface area contributed by atoms with E-state index in [1.807, 2.05) is 0 Å². The highest BCUT2D eigenvalue weighted by atomic mass is 15.2. The number of fused-ring (bicyclic) bond motifs is 15. The number of hydrogen-bond donors (Lipinski definition) is 0. The highest BCUT2D eigenvalue weighted by Crippen LogP contribution is 2.61. The largest absolute Gasteiger partial charge is 0.311 e. The predicted molar refractivity (Wildman–Crippen MR) is 239 cm³/mol. The Morgan fingerprint density at radius 1 is 0.351 bits per heavy atom. The smallest absolute Gasteiger partial charge is 0.252 e. The van der Waals surface area contributed by atoms with Gasteiger partial charge >= 0.3 is 0 Å². The second-order valence-corrected chi connectivity index (χ2v) is 17.7. The number of para-hydroxylation sites is 2. The molecule has 2 saturated carbocycles. The Morgan fingerprint density at radius 2 is 0.860 bits per heavy atom. The van der Waals surface area contributed by atoms with Gasteiger partial charge in [0.2, 0.25) is 0 Å². The number of anilines is 6. The van der Waals surface area contributed by atoms with Crippen molar-refractivity contribution in [2.45, 2.75) is 75.0 Å². The average Bonchev–Trinajstić information content (AvgIpc) is 3.70. The zero-order chi connectivity index (χ0) is 37.3. The van der Waals surface area contributed by atoms with Crippen molar-refractivity contribution >= 4 is 57.2 Å². The van der Waals surface area contributed by atoms with Crippen molar-refractivity contribution in [3.05, 3.63) is 174 Å². The zero-order valence-corrected chi connectivity index (χ0v) is 32.5. The molecule has 0 aromatic heterocycles. The van der Waals surface area contributed by atoms with E-state index in [1.54, 1.807) is 22.3 Å². The Hall–Kier alpha value is -5.80. The molecule has 2 aliphatic heterocycles. The summed E-state index contributed by atoms with van der Waals surface area (Å²) in [7, 11) is 0. The lowest BCUT2D eigenvalue weighted by Gasteiger charge is -2.45. The third-order valence-corrected chi connectivity index (χ3v) is 15.2. The molecule has 2 spiro atoms. The maximum atomic E-state index is 2.72. The van der Waals surface area contributed by atoms with E-state index in [0.717, 1.165) is 0 Å². The van der Waals surface area contributed by atoms with Gasteiger partial charge in [0.05, 0.1) is 5.69 Å². The van der Waals surface area contributed by atoms with E-state index < -0.39 is 0 Å². The Kier molecular flexibility index (Phi) is 6.73. The van der Waals surface area contributed by atoms with Gasteiger partial charge in [0.15, 0.2) is 0 Å². The maximum absolute atomic E-state index is 2.72. The van der Waals surface area contributed by atoms with Gasteiger partial charge in [0, 0.05) is 44.8 Å². The van der Waals surface area contributed by atoms with Crippen molar-refractivity contribution in [1.29, 1.82) is 0 Å². The van der Waals surface area contributed by atoms with Gasteiger partial charge < -0.3 is 9.80 Å². The molecule has 0 radical (unpaired) electrons. The van der Waals surface area contributed by atoms with E-state index in [0.29, 0.717) is 0 Å². The Balaban J connectivity index is 1.16. The van der Waals surface area contributed by atoms with Gasteiger partial charge in [-0.3, -0.25) is 0 Å². The van der Waals surface area contributed by atoms with Crippen LogP contribution in [0.4, 0.5) is 34.1 Å². The van der Waals surface area contributed by atoms with E-state index in [-0.39, 0.29) is 17.5 Å². The molecule has 0 N–H and O–H groups in total. The van der Waals surface area contributed by atoms with Gasteiger partial charge in [-0.2, -0.15) is 0 Å². The van der Waals surface area contributed by atoms with Crippen molar-refractivity contribution < 1.29 is 0 Å². The molecule has 4 aliphatic carbocycles. The molecule has 0 atom stereocenters. The molecular formula is C54H45BN2. The van der Waals surface area contributed by atoms with Crippen LogP contribution < -0.4 is 26.2 Å². The lowest BCUT2D eigenvalue weighted by Crippen LogP contribution is -2.62. The normalized spacial score (nSPS) is 18.4. The Labute approximate surface area is 336 Å². The fourth-order valence-electron chi connectivity index (χ4n) is 13.1. The van der Waals surface area contributed by atoms with Crippen LogP contribution in [0.2, 0.25) is 0 Å². The lowest BCUT2D eigenvalue weighted by atomic mass is 9.32. The monoisotopic (exact) mass is 732 g/mol. The molecule has 13 rings (SSSR count). The van der Waals surface area contributed by atoms with Crippen LogP contribution >= 0.6 is 0 Å². The van der Waals surface area contributed by atoms with Crippen molar-refractivity contribution in [3.8, 4) is 22.3 Å². The molecule has 57 heavy (non-hydrogen) atoms. The second-order valence-electron chi connectivity index (χ2n) is 17.7. The average molecular weight is 733 g/mol. The quantitative estimate of drug-likeness (QED) is 0.163. The van der Waals surface area contributed by atoms with Crippen molar-refractivity contribution in [2.75, 3.05) is 9.80 Å². The minimum Gasteiger partial charge on any atom is -0.311 e. The maximum Gasteiger partial charge on any atom is 0.252 e. The number of nitrogens with zero attached hydrogens (tertiary/aromatic N) is 2. The molecular weight excluding hydrogens is 687 g/mol. The van der Waals surface area contributed by atoms with Crippen molar-refractivity contribution in [3.63, 3.8) is 0 Å². The first-order valence-corrected chi connectivity index (χ1v) is 21.7. The van der Waals surface area contributed by atoms with Crippen LogP contribution in [0, 0.1) is 0 Å². The van der Waals surface area contributed by atoms with Gasteiger partial charge in [-0.25, -0.2) is 0 Å². The molecule has 0 amide bonds. The fourth-order valence-corrected chi connectivity index (χ4v) is 13.1. The first kappa shape index (κ1) is 32.3. The van der Waals surface area contributed by atoms with Crippen LogP contribution in [-0.2, 0) is 10.8 Å². The zero-order valence-electron chi connectivity index (χ0n) is 32.5. The Morgan fingerprint density at radius 3 is 1.58 bits per heavy atom. The molecule has 0 unspecified atom stereocenters. The molecule has 6 aliphatic rings.